The fourth-order valence-corrected chi connectivity index (χ4v) is 2.55. The molecule has 0 spiro atoms. The number of fused-ring (bicyclic) bond motifs is 1. The van der Waals surface area contributed by atoms with Crippen LogP contribution in [0.2, 0.25) is 0 Å². The molecule has 4 rings (SSSR count). The highest BCUT2D eigenvalue weighted by molar-refractivity contribution is 6.04. The van der Waals surface area contributed by atoms with Crippen molar-refractivity contribution in [2.75, 3.05) is 5.32 Å². The monoisotopic (exact) mass is 359 g/mol. The van der Waals surface area contributed by atoms with E-state index in [9.17, 15) is 4.79 Å². The average Bonchev–Trinajstić information content (AvgIpc) is 3.11. The number of anilines is 1. The molecular weight excluding hydrogens is 342 g/mol. The Hall–Kier alpha value is -3.74. The van der Waals surface area contributed by atoms with Crippen LogP contribution in [0.1, 0.15) is 22.8 Å². The van der Waals surface area contributed by atoms with E-state index in [0.29, 0.717) is 17.3 Å². The first kappa shape index (κ1) is 16.7. The first-order valence-corrected chi connectivity index (χ1v) is 8.56. The highest BCUT2D eigenvalue weighted by Crippen LogP contribution is 2.19. The molecule has 2 N–H and O–H groups in total. The van der Waals surface area contributed by atoms with E-state index in [1.54, 1.807) is 36.7 Å². The van der Waals surface area contributed by atoms with Gasteiger partial charge in [0.1, 0.15) is 5.75 Å². The van der Waals surface area contributed by atoms with Crippen LogP contribution in [0.4, 0.5) is 5.95 Å². The van der Waals surface area contributed by atoms with E-state index in [4.69, 9.17) is 4.74 Å². The van der Waals surface area contributed by atoms with Crippen molar-refractivity contribution in [1.29, 1.82) is 0 Å². The molecule has 0 unspecified atom stereocenters. The summed E-state index contributed by atoms with van der Waals surface area (Å²) < 4.78 is 5.60. The molecule has 2 aromatic carbocycles. The maximum Gasteiger partial charge on any atom is 0.321 e. The predicted octanol–water partition coefficient (Wildman–Crippen LogP) is 3.96. The van der Waals surface area contributed by atoms with E-state index in [0.717, 1.165) is 23.0 Å². The second-order valence-electron chi connectivity index (χ2n) is 5.91. The maximum atomic E-state index is 12.4. The number of aromatic amines is 1. The summed E-state index contributed by atoms with van der Waals surface area (Å²) in [6, 6.07) is 14.6. The van der Waals surface area contributed by atoms with E-state index in [-0.39, 0.29) is 11.9 Å². The number of para-hydroxylation sites is 2. The van der Waals surface area contributed by atoms with Crippen LogP contribution in [0, 0.1) is 0 Å². The molecule has 1 amide bonds. The molecule has 0 atom stereocenters. The van der Waals surface area contributed by atoms with Gasteiger partial charge in [0.25, 0.3) is 5.91 Å². The summed E-state index contributed by atoms with van der Waals surface area (Å²) in [5.41, 5.74) is 3.20. The number of carbonyl (C=O) groups is 1. The van der Waals surface area contributed by atoms with Gasteiger partial charge < -0.3 is 9.72 Å². The summed E-state index contributed by atoms with van der Waals surface area (Å²) in [7, 11) is 0. The lowest BCUT2D eigenvalue weighted by atomic mass is 10.2. The van der Waals surface area contributed by atoms with Gasteiger partial charge in [-0.25, -0.2) is 15.0 Å². The summed E-state index contributed by atoms with van der Waals surface area (Å²) in [4.78, 5) is 28.1. The Labute approximate surface area is 155 Å². The average molecular weight is 359 g/mol. The lowest BCUT2D eigenvalue weighted by molar-refractivity contribution is 0.102. The number of hydrogen-bond acceptors (Lipinski definition) is 5. The molecule has 0 saturated heterocycles. The van der Waals surface area contributed by atoms with Gasteiger partial charge in [-0.3, -0.25) is 10.1 Å². The van der Waals surface area contributed by atoms with Crippen LogP contribution in [0.25, 0.3) is 11.0 Å². The van der Waals surface area contributed by atoms with Gasteiger partial charge in [0.2, 0.25) is 5.95 Å². The molecule has 0 saturated carbocycles. The number of aromatic nitrogens is 4. The standard InChI is InChI=1S/C20H17N5O2/c1-2-13-11-21-20(22-12-13)27-15-9-7-14(8-10-15)18(26)25-19-23-16-5-3-4-6-17(16)24-19/h3-12H,2H2,1H3,(H2,23,24,25,26). The molecule has 0 aliphatic carbocycles. The third-order valence-corrected chi connectivity index (χ3v) is 4.04. The Morgan fingerprint density at radius 3 is 2.52 bits per heavy atom. The van der Waals surface area contributed by atoms with E-state index >= 15 is 0 Å². The molecule has 0 aliphatic heterocycles. The van der Waals surface area contributed by atoms with Crippen LogP contribution in [0.5, 0.6) is 11.8 Å². The van der Waals surface area contributed by atoms with Gasteiger partial charge in [-0.15, -0.1) is 0 Å². The first-order chi connectivity index (χ1) is 13.2. The van der Waals surface area contributed by atoms with Crippen molar-refractivity contribution >= 4 is 22.9 Å². The van der Waals surface area contributed by atoms with E-state index < -0.39 is 0 Å². The minimum absolute atomic E-state index is 0.260. The van der Waals surface area contributed by atoms with Crippen molar-refractivity contribution in [3.8, 4) is 11.8 Å². The second-order valence-corrected chi connectivity index (χ2v) is 5.91. The van der Waals surface area contributed by atoms with Crippen molar-refractivity contribution in [3.63, 3.8) is 0 Å². The van der Waals surface area contributed by atoms with E-state index in [1.165, 1.54) is 0 Å². The summed E-state index contributed by atoms with van der Waals surface area (Å²) in [5.74, 6) is 0.703. The quantitative estimate of drug-likeness (QED) is 0.563. The van der Waals surface area contributed by atoms with Gasteiger partial charge in [-0.2, -0.15) is 0 Å². The van der Waals surface area contributed by atoms with Crippen molar-refractivity contribution in [3.05, 3.63) is 72.1 Å². The normalized spacial score (nSPS) is 10.7. The fraction of sp³-hybridized carbons (Fsp3) is 0.100. The Morgan fingerprint density at radius 1 is 1.07 bits per heavy atom. The van der Waals surface area contributed by atoms with Gasteiger partial charge in [-0.1, -0.05) is 19.1 Å². The molecule has 0 radical (unpaired) electrons. The zero-order chi connectivity index (χ0) is 18.6. The number of H-pyrrole nitrogens is 1. The fourth-order valence-electron chi connectivity index (χ4n) is 2.55. The van der Waals surface area contributed by atoms with Crippen LogP contribution < -0.4 is 10.1 Å². The summed E-state index contributed by atoms with van der Waals surface area (Å²) in [6.45, 7) is 2.04. The molecule has 7 nitrogen and oxygen atoms in total. The minimum atomic E-state index is -0.260. The number of hydrogen-bond donors (Lipinski definition) is 2. The molecule has 2 heterocycles. The molecule has 27 heavy (non-hydrogen) atoms. The zero-order valence-corrected chi connectivity index (χ0v) is 14.6. The Balaban J connectivity index is 1.43. The second kappa shape index (κ2) is 7.25. The highest BCUT2D eigenvalue weighted by atomic mass is 16.5. The third kappa shape index (κ3) is 3.77. The number of nitrogens with zero attached hydrogens (tertiary/aromatic N) is 3. The van der Waals surface area contributed by atoms with Crippen LogP contribution in [-0.2, 0) is 6.42 Å². The summed E-state index contributed by atoms with van der Waals surface area (Å²) >= 11 is 0. The van der Waals surface area contributed by atoms with Crippen molar-refractivity contribution < 1.29 is 9.53 Å². The lowest BCUT2D eigenvalue weighted by Crippen LogP contribution is -2.12. The SMILES string of the molecule is CCc1cnc(Oc2ccc(C(=O)Nc3nc4ccccc4[nH]3)cc2)nc1. The number of nitrogens with one attached hydrogen (secondary N) is 2. The number of aryl methyl sites for hydroxylation is 1. The van der Waals surface area contributed by atoms with Gasteiger partial charge in [0, 0.05) is 18.0 Å². The minimum Gasteiger partial charge on any atom is -0.424 e. The molecule has 134 valence electrons. The number of carbonyl (C=O) groups excluding carboxylic acids is 1. The van der Waals surface area contributed by atoms with E-state index in [2.05, 4.69) is 25.3 Å². The van der Waals surface area contributed by atoms with Crippen LogP contribution >= 0.6 is 0 Å². The first-order valence-electron chi connectivity index (χ1n) is 8.56. The molecule has 0 bridgehead atoms. The van der Waals surface area contributed by atoms with E-state index in [1.807, 2.05) is 31.2 Å². The lowest BCUT2D eigenvalue weighted by Gasteiger charge is -2.06. The molecule has 0 aliphatic rings. The zero-order valence-electron chi connectivity index (χ0n) is 14.6. The van der Waals surface area contributed by atoms with Crippen molar-refractivity contribution in [2.24, 2.45) is 0 Å². The molecule has 2 aromatic heterocycles. The van der Waals surface area contributed by atoms with Crippen LogP contribution in [0.15, 0.2) is 60.9 Å². The van der Waals surface area contributed by atoms with Gasteiger partial charge in [-0.05, 0) is 48.4 Å². The number of benzene rings is 2. The highest BCUT2D eigenvalue weighted by Gasteiger charge is 2.10. The van der Waals surface area contributed by atoms with Gasteiger partial charge in [0.05, 0.1) is 11.0 Å². The third-order valence-electron chi connectivity index (χ3n) is 4.04. The molecular formula is C20H17N5O2. The molecule has 4 aromatic rings. The Bertz CT molecular complexity index is 1040. The maximum absolute atomic E-state index is 12.4. The van der Waals surface area contributed by atoms with Crippen LogP contribution in [0.3, 0.4) is 0 Å². The number of imidazole rings is 1. The number of rotatable bonds is 5. The van der Waals surface area contributed by atoms with Crippen molar-refractivity contribution in [2.45, 2.75) is 13.3 Å². The number of ether oxygens (including phenoxy) is 1. The summed E-state index contributed by atoms with van der Waals surface area (Å²) in [5, 5.41) is 2.76. The Morgan fingerprint density at radius 2 is 1.81 bits per heavy atom. The largest absolute Gasteiger partial charge is 0.424 e. The molecule has 7 heteroatoms. The summed E-state index contributed by atoms with van der Waals surface area (Å²) in [6.07, 6.45) is 4.34. The van der Waals surface area contributed by atoms with Crippen molar-refractivity contribution in [1.82, 2.24) is 19.9 Å². The van der Waals surface area contributed by atoms with Gasteiger partial charge in [0.15, 0.2) is 0 Å². The number of amides is 1. The predicted molar refractivity (Wildman–Crippen MR) is 102 cm³/mol. The molecule has 0 fully saturated rings. The van der Waals surface area contributed by atoms with Crippen LogP contribution in [-0.4, -0.2) is 25.8 Å². The topological polar surface area (TPSA) is 92.8 Å². The van der Waals surface area contributed by atoms with Gasteiger partial charge >= 0.3 is 6.01 Å². The Kier molecular flexibility index (Phi) is 4.49. The smallest absolute Gasteiger partial charge is 0.321 e.